The average molecular weight is 476 g/mol. The first-order valence-corrected chi connectivity index (χ1v) is 11.4. The standard InChI is InChI=1S/C22H42N2O6.2Na/c1-2-3-4-5-6-7-8-9-10-11-12-13-20(26)23-14-15-24(16-17-25,18-21(27)28)19-22(29)30;;/h25H,2-19H2,1H3,(H2-,23,26,27,28,29,30);;/q;2*+1/p-1. The Bertz CT molecular complexity index is 491. The molecule has 0 bridgehead atoms. The molecule has 32 heavy (non-hydrogen) atoms. The van der Waals surface area contributed by atoms with Crippen LogP contribution in [0.1, 0.15) is 84.0 Å². The third-order valence-corrected chi connectivity index (χ3v) is 5.37. The molecule has 0 spiro atoms. The van der Waals surface area contributed by atoms with Gasteiger partial charge in [0.1, 0.15) is 13.1 Å². The number of nitrogens with zero attached hydrogens (tertiary/aromatic N) is 2. The third-order valence-electron chi connectivity index (χ3n) is 5.37. The Morgan fingerprint density at radius 1 is 0.812 bits per heavy atom. The first-order valence-electron chi connectivity index (χ1n) is 11.4. The molecule has 1 atom stereocenters. The number of carboxylic acids is 2. The van der Waals surface area contributed by atoms with Gasteiger partial charge in [0.25, 0.3) is 0 Å². The average Bonchev–Trinajstić information content (AvgIpc) is 2.65. The van der Waals surface area contributed by atoms with Crippen molar-refractivity contribution in [2.75, 3.05) is 39.3 Å². The van der Waals surface area contributed by atoms with E-state index in [1.165, 1.54) is 51.4 Å². The number of hydrogen-bond acceptors (Lipinski definition) is 6. The van der Waals surface area contributed by atoms with Crippen molar-refractivity contribution in [2.24, 2.45) is 4.99 Å². The van der Waals surface area contributed by atoms with Crippen molar-refractivity contribution in [3.8, 4) is 0 Å². The van der Waals surface area contributed by atoms with Crippen LogP contribution in [-0.4, -0.2) is 71.9 Å². The van der Waals surface area contributed by atoms with Crippen molar-refractivity contribution in [3.63, 3.8) is 0 Å². The Kier molecular flexibility index (Phi) is 28.2. The van der Waals surface area contributed by atoms with Crippen molar-refractivity contribution in [3.05, 3.63) is 0 Å². The van der Waals surface area contributed by atoms with E-state index in [1.807, 2.05) is 0 Å². The number of hydrogen-bond donors (Lipinski definition) is 2. The maximum Gasteiger partial charge on any atom is 1.00 e. The zero-order valence-corrected chi connectivity index (χ0v) is 24.6. The molecule has 0 aromatic carbocycles. The number of carbonyl (C=O) groups excluding carboxylic acids is 1. The fraction of sp³-hybridized carbons (Fsp3) is 0.864. The molecule has 0 aromatic rings. The minimum atomic E-state index is -1.39. The molecule has 1 unspecified atom stereocenters. The van der Waals surface area contributed by atoms with Crippen molar-refractivity contribution in [1.82, 2.24) is 0 Å². The summed E-state index contributed by atoms with van der Waals surface area (Å²) in [4.78, 5) is 26.0. The zero-order chi connectivity index (χ0) is 22.7. The third kappa shape index (κ3) is 22.1. The van der Waals surface area contributed by atoms with Gasteiger partial charge in [-0.25, -0.2) is 4.79 Å². The minimum absolute atomic E-state index is 0. The van der Waals surface area contributed by atoms with E-state index in [4.69, 9.17) is 5.11 Å². The first kappa shape index (κ1) is 36.9. The predicted octanol–water partition coefficient (Wildman–Crippen LogP) is -4.90. The van der Waals surface area contributed by atoms with Gasteiger partial charge < -0.3 is 29.7 Å². The van der Waals surface area contributed by atoms with Gasteiger partial charge in [-0.2, -0.15) is 0 Å². The van der Waals surface area contributed by atoms with E-state index in [9.17, 15) is 24.9 Å². The zero-order valence-electron chi connectivity index (χ0n) is 20.6. The number of quaternary nitrogens is 1. The molecule has 0 rings (SSSR count). The molecule has 176 valence electrons. The van der Waals surface area contributed by atoms with Crippen LogP contribution in [0.5, 0.6) is 0 Å². The van der Waals surface area contributed by atoms with Crippen LogP contribution in [0.3, 0.4) is 0 Å². The molecule has 0 heterocycles. The van der Waals surface area contributed by atoms with Crippen LogP contribution in [0.15, 0.2) is 4.99 Å². The summed E-state index contributed by atoms with van der Waals surface area (Å²) in [6.07, 6.45) is 13.6. The van der Waals surface area contributed by atoms with Gasteiger partial charge in [0.2, 0.25) is 0 Å². The number of aliphatic hydroxyl groups is 1. The molecule has 0 aliphatic carbocycles. The second-order valence-electron chi connectivity index (χ2n) is 8.16. The summed E-state index contributed by atoms with van der Waals surface area (Å²) in [5, 5.41) is 41.2. The van der Waals surface area contributed by atoms with Gasteiger partial charge in [0, 0.05) is 0 Å². The number of carbonyl (C=O) groups is 2. The van der Waals surface area contributed by atoms with Crippen molar-refractivity contribution >= 4 is 17.8 Å². The fourth-order valence-corrected chi connectivity index (χ4v) is 3.66. The summed E-state index contributed by atoms with van der Waals surface area (Å²) in [5.41, 5.74) is 0. The number of aliphatic carboxylic acids is 2. The maximum atomic E-state index is 11.9. The Morgan fingerprint density at radius 3 is 1.75 bits per heavy atom. The molecular weight excluding hydrogens is 434 g/mol. The molecule has 0 saturated heterocycles. The van der Waals surface area contributed by atoms with E-state index >= 15 is 0 Å². The Labute approximate surface area is 238 Å². The van der Waals surface area contributed by atoms with Crippen LogP contribution in [0.4, 0.5) is 0 Å². The summed E-state index contributed by atoms with van der Waals surface area (Å²) < 4.78 is -0.386. The van der Waals surface area contributed by atoms with Crippen LogP contribution in [-0.2, 0) is 9.59 Å². The largest absolute Gasteiger partial charge is 1.00 e. The maximum absolute atomic E-state index is 11.9. The molecule has 0 aliphatic heterocycles. The topological polar surface area (TPSA) is 133 Å². The Balaban J connectivity index is -0.00000420. The van der Waals surface area contributed by atoms with Crippen molar-refractivity contribution < 1.29 is 93.6 Å². The van der Waals surface area contributed by atoms with E-state index < -0.39 is 25.0 Å². The summed E-state index contributed by atoms with van der Waals surface area (Å²) in [5.74, 6) is -2.80. The van der Waals surface area contributed by atoms with Crippen molar-refractivity contribution in [1.29, 1.82) is 0 Å². The first-order chi connectivity index (χ1) is 14.3. The minimum Gasteiger partial charge on any atom is -0.862 e. The molecular formula is C22H41N2Na2O6+. The monoisotopic (exact) mass is 475 g/mol. The van der Waals surface area contributed by atoms with Crippen LogP contribution in [0, 0.1) is 0 Å². The van der Waals surface area contributed by atoms with Crippen LogP contribution < -0.4 is 69.3 Å². The van der Waals surface area contributed by atoms with Crippen molar-refractivity contribution in [2.45, 2.75) is 84.0 Å². The number of aliphatic hydroxyl groups excluding tert-OH is 1. The van der Waals surface area contributed by atoms with Gasteiger partial charge in [-0.05, 0) is 18.7 Å². The van der Waals surface area contributed by atoms with Crippen LogP contribution in [0.2, 0.25) is 0 Å². The van der Waals surface area contributed by atoms with Gasteiger partial charge in [0.05, 0.1) is 25.7 Å². The molecule has 0 amide bonds. The van der Waals surface area contributed by atoms with E-state index in [0.29, 0.717) is 6.42 Å². The summed E-state index contributed by atoms with van der Waals surface area (Å²) in [7, 11) is 0. The SMILES string of the molecule is CCCCCCCCCCCCCC([O-])=NCC[N+](CCO)(CC(=O)[O-])CC(=O)O.[Na+].[Na+]. The van der Waals surface area contributed by atoms with E-state index in [0.717, 1.165) is 19.3 Å². The molecule has 0 aromatic heterocycles. The number of unbranched alkanes of at least 4 members (excludes halogenated alkanes) is 10. The molecule has 0 saturated carbocycles. The molecule has 10 heteroatoms. The van der Waals surface area contributed by atoms with Gasteiger partial charge in [0.15, 0.2) is 6.54 Å². The smallest absolute Gasteiger partial charge is 0.862 e. The second kappa shape index (κ2) is 24.5. The Morgan fingerprint density at radius 2 is 1.31 bits per heavy atom. The van der Waals surface area contributed by atoms with Gasteiger partial charge in [-0.1, -0.05) is 71.1 Å². The Hall–Kier alpha value is 0.330. The van der Waals surface area contributed by atoms with Crippen LogP contribution >= 0.6 is 0 Å². The molecule has 0 fully saturated rings. The number of rotatable bonds is 21. The molecule has 2 N–H and O–H groups in total. The van der Waals surface area contributed by atoms with Crippen LogP contribution in [0.25, 0.3) is 0 Å². The molecule has 0 aliphatic rings. The van der Waals surface area contributed by atoms with E-state index in [2.05, 4.69) is 11.9 Å². The van der Waals surface area contributed by atoms with E-state index in [-0.39, 0.29) is 95.7 Å². The normalized spacial score (nSPS) is 13.0. The number of carboxylic acid groups (broad SMARTS) is 2. The number of aliphatic imine (C=N–C) groups is 1. The predicted molar refractivity (Wildman–Crippen MR) is 113 cm³/mol. The summed E-state index contributed by atoms with van der Waals surface area (Å²) >= 11 is 0. The quantitative estimate of drug-likeness (QED) is 0.0562. The van der Waals surface area contributed by atoms with E-state index in [1.54, 1.807) is 0 Å². The summed E-state index contributed by atoms with van der Waals surface area (Å²) in [6, 6.07) is 0. The van der Waals surface area contributed by atoms with Gasteiger partial charge in [-0.15, -0.1) is 0 Å². The fourth-order valence-electron chi connectivity index (χ4n) is 3.66. The van der Waals surface area contributed by atoms with Gasteiger partial charge in [-0.3, -0.25) is 4.99 Å². The molecule has 8 nitrogen and oxygen atoms in total. The summed E-state index contributed by atoms with van der Waals surface area (Å²) in [6.45, 7) is 0.933. The second-order valence-corrected chi connectivity index (χ2v) is 8.16. The molecule has 0 radical (unpaired) electrons. The van der Waals surface area contributed by atoms with Gasteiger partial charge >= 0.3 is 65.1 Å².